The Morgan fingerprint density at radius 2 is 2.05 bits per heavy atom. The van der Waals surface area contributed by atoms with Crippen molar-refractivity contribution in [1.82, 2.24) is 0 Å². The number of carbonyl (C=O) groups is 2. The summed E-state index contributed by atoms with van der Waals surface area (Å²) in [6.45, 7) is 2.06. The molecule has 2 N–H and O–H groups in total. The molecule has 0 bridgehead atoms. The first-order valence-electron chi connectivity index (χ1n) is 6.69. The van der Waals surface area contributed by atoms with Crippen LogP contribution in [0.2, 0.25) is 0 Å². The second-order valence-corrected chi connectivity index (χ2v) is 5.66. The van der Waals surface area contributed by atoms with Gasteiger partial charge < -0.3 is 10.4 Å². The molecule has 1 aliphatic heterocycles. The van der Waals surface area contributed by atoms with Crippen LogP contribution in [-0.4, -0.2) is 16.8 Å². The summed E-state index contributed by atoms with van der Waals surface area (Å²) >= 11 is 0. The van der Waals surface area contributed by atoms with Gasteiger partial charge in [0.25, 0.3) is 5.91 Å². The fourth-order valence-corrected chi connectivity index (χ4v) is 3.23. The van der Waals surface area contributed by atoms with Crippen LogP contribution in [0, 0.1) is 11.8 Å². The molecule has 1 aromatic rings. The van der Waals surface area contributed by atoms with Crippen LogP contribution in [-0.2, 0) is 15.2 Å². The molecule has 1 amide bonds. The van der Waals surface area contributed by atoms with Crippen molar-refractivity contribution in [3.63, 3.8) is 0 Å². The van der Waals surface area contributed by atoms with Crippen molar-refractivity contribution < 1.29 is 14.7 Å². The van der Waals surface area contributed by atoms with E-state index in [1.807, 2.05) is 0 Å². The number of para-hydroxylation sites is 1. The Balaban J connectivity index is 2.07. The first-order valence-corrected chi connectivity index (χ1v) is 6.69. The predicted molar refractivity (Wildman–Crippen MR) is 70.5 cm³/mol. The summed E-state index contributed by atoms with van der Waals surface area (Å²) in [6, 6.07) is 7.05. The maximum absolute atomic E-state index is 12.2. The van der Waals surface area contributed by atoms with Crippen LogP contribution in [0.15, 0.2) is 24.3 Å². The summed E-state index contributed by atoms with van der Waals surface area (Å²) in [7, 11) is 0. The third-order valence-electron chi connectivity index (χ3n) is 4.35. The van der Waals surface area contributed by atoms with Gasteiger partial charge in [0, 0.05) is 17.7 Å². The molecule has 2 aliphatic rings. The van der Waals surface area contributed by atoms with Gasteiger partial charge >= 0.3 is 0 Å². The highest BCUT2D eigenvalue weighted by atomic mass is 16.3. The van der Waals surface area contributed by atoms with E-state index in [0.29, 0.717) is 30.0 Å². The van der Waals surface area contributed by atoms with Crippen LogP contribution >= 0.6 is 0 Å². The molecule has 1 aromatic carbocycles. The van der Waals surface area contributed by atoms with Crippen LogP contribution in [0.3, 0.4) is 0 Å². The molecule has 0 aromatic heterocycles. The second-order valence-electron chi connectivity index (χ2n) is 5.66. The number of fused-ring (bicyclic) bond motifs is 1. The van der Waals surface area contributed by atoms with E-state index in [1.54, 1.807) is 24.3 Å². The molecule has 1 fully saturated rings. The minimum atomic E-state index is -1.69. The van der Waals surface area contributed by atoms with Crippen LogP contribution in [0.5, 0.6) is 0 Å². The lowest BCUT2D eigenvalue weighted by Crippen LogP contribution is -2.47. The van der Waals surface area contributed by atoms with Gasteiger partial charge in [0.15, 0.2) is 5.60 Å². The molecule has 0 radical (unpaired) electrons. The molecule has 3 rings (SSSR count). The van der Waals surface area contributed by atoms with E-state index < -0.39 is 17.4 Å². The molecule has 1 heterocycles. The van der Waals surface area contributed by atoms with E-state index in [9.17, 15) is 14.7 Å². The Bertz CT molecular complexity index is 554. The summed E-state index contributed by atoms with van der Waals surface area (Å²) in [5.41, 5.74) is -0.545. The van der Waals surface area contributed by atoms with Crippen molar-refractivity contribution in [3.05, 3.63) is 29.8 Å². The molecule has 19 heavy (non-hydrogen) atoms. The smallest absolute Gasteiger partial charge is 0.261 e. The fourth-order valence-electron chi connectivity index (χ4n) is 3.23. The van der Waals surface area contributed by atoms with Crippen molar-refractivity contribution in [2.24, 2.45) is 11.8 Å². The Labute approximate surface area is 111 Å². The molecule has 0 spiro atoms. The van der Waals surface area contributed by atoms with Crippen LogP contribution in [0.1, 0.15) is 31.7 Å². The average molecular weight is 259 g/mol. The topological polar surface area (TPSA) is 66.4 Å². The molecular weight excluding hydrogens is 242 g/mol. The van der Waals surface area contributed by atoms with Crippen LogP contribution in [0.4, 0.5) is 5.69 Å². The molecule has 1 saturated carbocycles. The second kappa shape index (κ2) is 4.17. The van der Waals surface area contributed by atoms with Crippen molar-refractivity contribution in [2.45, 2.75) is 31.8 Å². The Morgan fingerprint density at radius 1 is 1.32 bits per heavy atom. The maximum Gasteiger partial charge on any atom is 0.261 e. The number of nitrogens with one attached hydrogen (secondary N) is 1. The van der Waals surface area contributed by atoms with Gasteiger partial charge in [0.2, 0.25) is 0 Å². The van der Waals surface area contributed by atoms with Gasteiger partial charge in [-0.15, -0.1) is 0 Å². The van der Waals surface area contributed by atoms with Gasteiger partial charge in [0.1, 0.15) is 5.78 Å². The maximum atomic E-state index is 12.2. The molecule has 0 unspecified atom stereocenters. The normalized spacial score (nSPS) is 34.0. The van der Waals surface area contributed by atoms with Crippen molar-refractivity contribution in [1.29, 1.82) is 0 Å². The summed E-state index contributed by atoms with van der Waals surface area (Å²) in [5, 5.41) is 13.6. The number of amides is 1. The van der Waals surface area contributed by atoms with E-state index in [1.165, 1.54) is 0 Å². The van der Waals surface area contributed by atoms with Crippen LogP contribution in [0.25, 0.3) is 0 Å². The van der Waals surface area contributed by atoms with Crippen LogP contribution < -0.4 is 5.32 Å². The molecular formula is C15H17NO3. The molecule has 100 valence electrons. The van der Waals surface area contributed by atoms with E-state index in [-0.39, 0.29) is 5.78 Å². The Kier molecular flexibility index (Phi) is 2.71. The van der Waals surface area contributed by atoms with Gasteiger partial charge in [-0.1, -0.05) is 25.1 Å². The molecule has 3 atom stereocenters. The van der Waals surface area contributed by atoms with Gasteiger partial charge in [-0.25, -0.2) is 0 Å². The highest BCUT2D eigenvalue weighted by Crippen LogP contribution is 2.45. The Morgan fingerprint density at radius 3 is 2.84 bits per heavy atom. The van der Waals surface area contributed by atoms with E-state index in [2.05, 4.69) is 12.2 Å². The number of rotatable bonds is 1. The number of benzene rings is 1. The largest absolute Gasteiger partial charge is 0.375 e. The van der Waals surface area contributed by atoms with E-state index >= 15 is 0 Å². The highest BCUT2D eigenvalue weighted by molar-refractivity contribution is 6.08. The third-order valence-corrected chi connectivity index (χ3v) is 4.35. The van der Waals surface area contributed by atoms with Gasteiger partial charge in [-0.2, -0.15) is 0 Å². The lowest BCUT2D eigenvalue weighted by Gasteiger charge is -2.35. The lowest BCUT2D eigenvalue weighted by atomic mass is 9.70. The number of Topliss-reactive ketones (excluding diaryl/α,β-unsaturated/α-hetero) is 1. The minimum absolute atomic E-state index is 0.00699. The monoisotopic (exact) mass is 259 g/mol. The van der Waals surface area contributed by atoms with Gasteiger partial charge in [0.05, 0.1) is 5.92 Å². The van der Waals surface area contributed by atoms with Gasteiger partial charge in [-0.05, 0) is 24.8 Å². The lowest BCUT2D eigenvalue weighted by molar-refractivity contribution is -0.151. The minimum Gasteiger partial charge on any atom is -0.375 e. The SMILES string of the molecule is C[C@H]1CCC(=O)[C@H]([C@@]2(O)C(=O)Nc3ccccc32)C1. The number of hydrogen-bond acceptors (Lipinski definition) is 3. The Hall–Kier alpha value is -1.68. The highest BCUT2D eigenvalue weighted by Gasteiger charge is 2.54. The molecule has 4 heteroatoms. The molecule has 4 nitrogen and oxygen atoms in total. The number of ketones is 1. The number of anilines is 1. The van der Waals surface area contributed by atoms with Crippen molar-refractivity contribution >= 4 is 17.4 Å². The summed E-state index contributed by atoms with van der Waals surface area (Å²) in [6.07, 6.45) is 1.86. The predicted octanol–water partition coefficient (Wildman–Crippen LogP) is 1.83. The third kappa shape index (κ3) is 1.70. The summed E-state index contributed by atoms with van der Waals surface area (Å²) in [5.74, 6) is -0.749. The zero-order valence-electron chi connectivity index (χ0n) is 10.8. The molecule has 1 aliphatic carbocycles. The number of carbonyl (C=O) groups excluding carboxylic acids is 2. The first-order chi connectivity index (χ1) is 9.03. The quantitative estimate of drug-likeness (QED) is 0.808. The standard InChI is InChI=1S/C15H17NO3/c1-9-6-7-13(17)11(8-9)15(19)10-4-2-3-5-12(10)16-14(15)18/h2-5,9,11,19H,6-8H2,1H3,(H,16,18)/t9-,11+,15+/m0/s1. The summed E-state index contributed by atoms with van der Waals surface area (Å²) in [4.78, 5) is 24.3. The van der Waals surface area contributed by atoms with Gasteiger partial charge in [-0.3, -0.25) is 9.59 Å². The zero-order valence-corrected chi connectivity index (χ0v) is 10.8. The van der Waals surface area contributed by atoms with Crippen molar-refractivity contribution in [2.75, 3.05) is 5.32 Å². The molecule has 0 saturated heterocycles. The number of hydrogen-bond donors (Lipinski definition) is 2. The zero-order chi connectivity index (χ0) is 13.6. The van der Waals surface area contributed by atoms with Crippen molar-refractivity contribution in [3.8, 4) is 0 Å². The first kappa shape index (κ1) is 12.4. The van der Waals surface area contributed by atoms with E-state index in [4.69, 9.17) is 0 Å². The number of aliphatic hydroxyl groups is 1. The summed E-state index contributed by atoms with van der Waals surface area (Å²) < 4.78 is 0. The van der Waals surface area contributed by atoms with E-state index in [0.717, 1.165) is 6.42 Å². The average Bonchev–Trinajstić information content (AvgIpc) is 2.66. The fraction of sp³-hybridized carbons (Fsp3) is 0.467.